The van der Waals surface area contributed by atoms with Crippen molar-refractivity contribution in [2.24, 2.45) is 0 Å². The van der Waals surface area contributed by atoms with Gasteiger partial charge >= 0.3 is 0 Å². The van der Waals surface area contributed by atoms with E-state index in [9.17, 15) is 4.79 Å². The Morgan fingerprint density at radius 2 is 2.14 bits per heavy atom. The highest BCUT2D eigenvalue weighted by atomic mass is 16.5. The van der Waals surface area contributed by atoms with Crippen LogP contribution in [0.25, 0.3) is 0 Å². The van der Waals surface area contributed by atoms with Gasteiger partial charge in [0.2, 0.25) is 5.91 Å². The standard InChI is InChI=1S/C18H27NO3/c1-13-8-4-5-10-17(13)14(2)19-18(20)15(3)22-12-16-9-6-7-11-21-16/h4-5,8,10,14-16H,6-7,9,11-12H2,1-3H3,(H,19,20)/t14-,15+,16-/m0/s1. The molecule has 0 spiro atoms. The summed E-state index contributed by atoms with van der Waals surface area (Å²) in [5.41, 5.74) is 2.32. The maximum absolute atomic E-state index is 12.2. The first-order valence-electron chi connectivity index (χ1n) is 8.17. The number of hydrogen-bond acceptors (Lipinski definition) is 3. The van der Waals surface area contributed by atoms with Gasteiger partial charge in [-0.1, -0.05) is 24.3 Å². The smallest absolute Gasteiger partial charge is 0.249 e. The maximum atomic E-state index is 12.2. The van der Waals surface area contributed by atoms with E-state index < -0.39 is 6.10 Å². The molecule has 1 fully saturated rings. The summed E-state index contributed by atoms with van der Waals surface area (Å²) >= 11 is 0. The lowest BCUT2D eigenvalue weighted by atomic mass is 10.0. The molecule has 1 N–H and O–H groups in total. The average molecular weight is 305 g/mol. The van der Waals surface area contributed by atoms with Gasteiger partial charge in [-0.25, -0.2) is 0 Å². The van der Waals surface area contributed by atoms with Crippen molar-refractivity contribution in [2.75, 3.05) is 13.2 Å². The molecular formula is C18H27NO3. The fourth-order valence-electron chi connectivity index (χ4n) is 2.75. The Balaban J connectivity index is 1.79. The Kier molecular flexibility index (Phi) is 6.40. The Bertz CT molecular complexity index is 483. The van der Waals surface area contributed by atoms with Gasteiger partial charge in [-0.2, -0.15) is 0 Å². The molecule has 0 aliphatic carbocycles. The predicted octanol–water partition coefficient (Wildman–Crippen LogP) is 3.15. The van der Waals surface area contributed by atoms with Crippen LogP contribution in [0.15, 0.2) is 24.3 Å². The molecular weight excluding hydrogens is 278 g/mol. The second-order valence-electron chi connectivity index (χ2n) is 6.05. The van der Waals surface area contributed by atoms with Crippen LogP contribution in [0.1, 0.15) is 50.3 Å². The number of aryl methyl sites for hydroxylation is 1. The van der Waals surface area contributed by atoms with Crippen molar-refractivity contribution >= 4 is 5.91 Å². The minimum absolute atomic E-state index is 0.0225. The first-order valence-corrected chi connectivity index (χ1v) is 8.17. The second-order valence-corrected chi connectivity index (χ2v) is 6.05. The van der Waals surface area contributed by atoms with E-state index in [1.54, 1.807) is 6.92 Å². The third-order valence-electron chi connectivity index (χ3n) is 4.19. The number of amides is 1. The lowest BCUT2D eigenvalue weighted by Gasteiger charge is -2.24. The fraction of sp³-hybridized carbons (Fsp3) is 0.611. The fourth-order valence-corrected chi connectivity index (χ4v) is 2.75. The Labute approximate surface area is 133 Å². The molecule has 0 radical (unpaired) electrons. The zero-order valence-corrected chi connectivity index (χ0v) is 13.8. The van der Waals surface area contributed by atoms with Crippen LogP contribution in [0.3, 0.4) is 0 Å². The molecule has 0 unspecified atom stereocenters. The number of hydrogen-bond donors (Lipinski definition) is 1. The van der Waals surface area contributed by atoms with Crippen LogP contribution >= 0.6 is 0 Å². The quantitative estimate of drug-likeness (QED) is 0.878. The lowest BCUT2D eigenvalue weighted by Crippen LogP contribution is -2.38. The monoisotopic (exact) mass is 305 g/mol. The highest BCUT2D eigenvalue weighted by molar-refractivity contribution is 5.80. The molecule has 4 heteroatoms. The molecule has 1 aromatic rings. The van der Waals surface area contributed by atoms with Crippen LogP contribution in [0.5, 0.6) is 0 Å². The van der Waals surface area contributed by atoms with E-state index in [1.165, 1.54) is 12.0 Å². The van der Waals surface area contributed by atoms with Gasteiger partial charge in [0.05, 0.1) is 18.8 Å². The van der Waals surface area contributed by atoms with Crippen molar-refractivity contribution in [3.05, 3.63) is 35.4 Å². The third kappa shape index (κ3) is 4.82. The number of ether oxygens (including phenoxy) is 2. The number of carbonyl (C=O) groups excluding carboxylic acids is 1. The highest BCUT2D eigenvalue weighted by Gasteiger charge is 2.20. The van der Waals surface area contributed by atoms with E-state index in [-0.39, 0.29) is 18.1 Å². The summed E-state index contributed by atoms with van der Waals surface area (Å²) in [6.07, 6.45) is 3.00. The van der Waals surface area contributed by atoms with E-state index in [1.807, 2.05) is 25.1 Å². The molecule has 1 aromatic carbocycles. The molecule has 0 aromatic heterocycles. The Morgan fingerprint density at radius 1 is 1.36 bits per heavy atom. The second kappa shape index (κ2) is 8.30. The zero-order chi connectivity index (χ0) is 15.9. The SMILES string of the molecule is Cc1ccccc1[C@H](C)NC(=O)[C@@H](C)OC[C@@H]1CCCCO1. The molecule has 1 heterocycles. The molecule has 1 amide bonds. The first kappa shape index (κ1) is 17.0. The number of rotatable bonds is 6. The van der Waals surface area contributed by atoms with Crippen LogP contribution in [0.2, 0.25) is 0 Å². The van der Waals surface area contributed by atoms with Crippen molar-refractivity contribution in [1.82, 2.24) is 5.32 Å². The van der Waals surface area contributed by atoms with E-state index in [2.05, 4.69) is 18.3 Å². The summed E-state index contributed by atoms with van der Waals surface area (Å²) in [6.45, 7) is 7.14. The van der Waals surface area contributed by atoms with E-state index >= 15 is 0 Å². The van der Waals surface area contributed by atoms with Crippen molar-refractivity contribution < 1.29 is 14.3 Å². The minimum Gasteiger partial charge on any atom is -0.376 e. The summed E-state index contributed by atoms with van der Waals surface area (Å²) in [6, 6.07) is 8.07. The van der Waals surface area contributed by atoms with Gasteiger partial charge in [0.25, 0.3) is 0 Å². The molecule has 1 aliphatic heterocycles. The van der Waals surface area contributed by atoms with Crippen molar-refractivity contribution in [1.29, 1.82) is 0 Å². The van der Waals surface area contributed by atoms with Gasteiger partial charge < -0.3 is 14.8 Å². The molecule has 1 aliphatic rings. The Morgan fingerprint density at radius 3 is 2.82 bits per heavy atom. The van der Waals surface area contributed by atoms with Gasteiger partial charge in [0.15, 0.2) is 0 Å². The highest BCUT2D eigenvalue weighted by Crippen LogP contribution is 2.17. The third-order valence-corrected chi connectivity index (χ3v) is 4.19. The van der Waals surface area contributed by atoms with E-state index in [0.29, 0.717) is 6.61 Å². The van der Waals surface area contributed by atoms with Crippen LogP contribution in [0, 0.1) is 6.92 Å². The topological polar surface area (TPSA) is 47.6 Å². The largest absolute Gasteiger partial charge is 0.376 e. The summed E-state index contributed by atoms with van der Waals surface area (Å²) in [5, 5.41) is 3.02. The van der Waals surface area contributed by atoms with Gasteiger partial charge in [0.1, 0.15) is 6.10 Å². The van der Waals surface area contributed by atoms with Crippen molar-refractivity contribution in [2.45, 2.75) is 58.3 Å². The number of benzene rings is 1. The number of nitrogens with one attached hydrogen (secondary N) is 1. The molecule has 1 saturated heterocycles. The van der Waals surface area contributed by atoms with Crippen molar-refractivity contribution in [3.8, 4) is 0 Å². The molecule has 4 nitrogen and oxygen atoms in total. The summed E-state index contributed by atoms with van der Waals surface area (Å²) in [7, 11) is 0. The molecule has 0 saturated carbocycles. The van der Waals surface area contributed by atoms with Crippen LogP contribution in [0.4, 0.5) is 0 Å². The molecule has 0 bridgehead atoms. The molecule has 2 rings (SSSR count). The number of carbonyl (C=O) groups is 1. The Hall–Kier alpha value is -1.39. The molecule has 122 valence electrons. The summed E-state index contributed by atoms with van der Waals surface area (Å²) in [4.78, 5) is 12.2. The summed E-state index contributed by atoms with van der Waals surface area (Å²) < 4.78 is 11.3. The van der Waals surface area contributed by atoms with Gasteiger partial charge in [-0.15, -0.1) is 0 Å². The van der Waals surface area contributed by atoms with E-state index in [0.717, 1.165) is 25.0 Å². The predicted molar refractivity (Wildman–Crippen MR) is 86.7 cm³/mol. The zero-order valence-electron chi connectivity index (χ0n) is 13.8. The van der Waals surface area contributed by atoms with Crippen LogP contribution in [-0.2, 0) is 14.3 Å². The average Bonchev–Trinajstić information content (AvgIpc) is 2.53. The lowest BCUT2D eigenvalue weighted by molar-refractivity contribution is -0.136. The van der Waals surface area contributed by atoms with E-state index in [4.69, 9.17) is 9.47 Å². The minimum atomic E-state index is -0.461. The van der Waals surface area contributed by atoms with Crippen molar-refractivity contribution in [3.63, 3.8) is 0 Å². The summed E-state index contributed by atoms with van der Waals surface area (Å²) in [5.74, 6) is -0.0773. The molecule has 22 heavy (non-hydrogen) atoms. The van der Waals surface area contributed by atoms with Crippen LogP contribution in [-0.4, -0.2) is 31.3 Å². The molecule has 3 atom stereocenters. The normalized spacial score (nSPS) is 21.1. The first-order chi connectivity index (χ1) is 10.6. The van der Waals surface area contributed by atoms with Crippen LogP contribution < -0.4 is 5.32 Å². The van der Waals surface area contributed by atoms with Gasteiger partial charge in [-0.05, 0) is 51.2 Å². The van der Waals surface area contributed by atoms with Gasteiger partial charge in [-0.3, -0.25) is 4.79 Å². The van der Waals surface area contributed by atoms with Gasteiger partial charge in [0, 0.05) is 6.61 Å². The maximum Gasteiger partial charge on any atom is 0.249 e.